The summed E-state index contributed by atoms with van der Waals surface area (Å²) in [5, 5.41) is 31.8. The molecule has 32 heavy (non-hydrogen) atoms. The van der Waals surface area contributed by atoms with E-state index < -0.39 is 56.6 Å². The Bertz CT molecular complexity index is 1050. The zero-order valence-electron chi connectivity index (χ0n) is 16.6. The minimum absolute atomic E-state index is 0.0463. The lowest BCUT2D eigenvalue weighted by molar-refractivity contribution is -0.139. The van der Waals surface area contributed by atoms with Gasteiger partial charge in [-0.3, -0.25) is 13.9 Å². The third-order valence-electron chi connectivity index (χ3n) is 4.78. The average molecular weight is 470 g/mol. The van der Waals surface area contributed by atoms with Gasteiger partial charge >= 0.3 is 19.4 Å². The third kappa shape index (κ3) is 5.78. The van der Waals surface area contributed by atoms with Gasteiger partial charge in [0.25, 0.3) is 0 Å². The number of aliphatic carboxylic acids is 1. The lowest BCUT2D eigenvalue weighted by atomic mass is 10.1. The Labute approximate surface area is 181 Å². The summed E-state index contributed by atoms with van der Waals surface area (Å²) in [6, 6.07) is 8.34. The van der Waals surface area contributed by atoms with Gasteiger partial charge in [0.1, 0.15) is 30.2 Å². The van der Waals surface area contributed by atoms with Crippen LogP contribution in [0.4, 0.5) is 5.82 Å². The third-order valence-corrected chi connectivity index (χ3v) is 5.91. The Hall–Kier alpha value is -2.64. The fraction of sp³-hybridized carbons (Fsp3) is 0.389. The van der Waals surface area contributed by atoms with Crippen LogP contribution in [0, 0.1) is 0 Å². The van der Waals surface area contributed by atoms with E-state index in [0.29, 0.717) is 5.56 Å². The molecule has 13 nitrogen and oxygen atoms in total. The highest BCUT2D eigenvalue weighted by atomic mass is 31.2. The van der Waals surface area contributed by atoms with Crippen molar-refractivity contribution in [1.29, 1.82) is 0 Å². The van der Waals surface area contributed by atoms with Crippen molar-refractivity contribution in [3.8, 4) is 0 Å². The fourth-order valence-electron chi connectivity index (χ4n) is 3.16. The molecule has 1 fully saturated rings. The molecule has 3 rings (SSSR count). The number of aromatic nitrogens is 2. The largest absolute Gasteiger partial charge is 0.480 e. The number of hydrogen-bond acceptors (Lipinski definition) is 9. The number of nitrogens with two attached hydrogens (primary N) is 1. The number of nitrogens with zero attached hydrogens (tertiary/aromatic N) is 2. The molecule has 1 aliphatic rings. The number of benzene rings is 1. The van der Waals surface area contributed by atoms with Crippen LogP contribution < -0.4 is 16.5 Å². The van der Waals surface area contributed by atoms with E-state index in [1.54, 1.807) is 30.3 Å². The normalized spacial score (nSPS) is 25.8. The van der Waals surface area contributed by atoms with Crippen molar-refractivity contribution in [2.75, 3.05) is 12.3 Å². The molecule has 1 aliphatic heterocycles. The molecule has 6 atom stereocenters. The lowest BCUT2D eigenvalue weighted by Gasteiger charge is -2.21. The molecular formula is C18H23N4O9P. The molecule has 2 aromatic rings. The second kappa shape index (κ2) is 9.88. The summed E-state index contributed by atoms with van der Waals surface area (Å²) in [5.74, 6) is -1.41. The van der Waals surface area contributed by atoms with Gasteiger partial charge in [-0.05, 0) is 18.1 Å². The quantitative estimate of drug-likeness (QED) is 0.240. The van der Waals surface area contributed by atoms with Gasteiger partial charge in [-0.2, -0.15) is 4.98 Å². The van der Waals surface area contributed by atoms with Crippen LogP contribution in [0.3, 0.4) is 0 Å². The molecule has 2 heterocycles. The first kappa shape index (κ1) is 24.0. The smallest absolute Gasteiger partial charge is 0.403 e. The molecule has 1 aromatic carbocycles. The van der Waals surface area contributed by atoms with Crippen LogP contribution in [0.15, 0.2) is 47.4 Å². The van der Waals surface area contributed by atoms with E-state index in [-0.39, 0.29) is 12.2 Å². The summed E-state index contributed by atoms with van der Waals surface area (Å²) in [7, 11) is -4.65. The number of anilines is 1. The SMILES string of the molecule is Nc1ccn(C2OC(COP(=O)(O)N[C@@H](Cc3ccccc3)C(=O)O)C(O)C2O)c(=O)n1. The number of nitrogens with one attached hydrogen (secondary N) is 1. The first-order valence-corrected chi connectivity index (χ1v) is 11.0. The Kier molecular flexibility index (Phi) is 7.41. The Morgan fingerprint density at radius 1 is 1.28 bits per heavy atom. The number of aliphatic hydroxyl groups excluding tert-OH is 2. The molecule has 0 amide bonds. The summed E-state index contributed by atoms with van der Waals surface area (Å²) in [5.41, 5.74) is 5.21. The van der Waals surface area contributed by atoms with Crippen molar-refractivity contribution >= 4 is 19.5 Å². The number of nitrogen functional groups attached to an aromatic ring is 1. The summed E-state index contributed by atoms with van der Waals surface area (Å²) < 4.78 is 23.6. The highest BCUT2D eigenvalue weighted by Crippen LogP contribution is 2.40. The van der Waals surface area contributed by atoms with E-state index in [1.807, 2.05) is 0 Å². The lowest BCUT2D eigenvalue weighted by Crippen LogP contribution is -2.38. The summed E-state index contributed by atoms with van der Waals surface area (Å²) >= 11 is 0. The summed E-state index contributed by atoms with van der Waals surface area (Å²) in [6.45, 7) is -0.676. The number of aliphatic hydroxyl groups is 2. The molecule has 5 unspecified atom stereocenters. The predicted molar refractivity (Wildman–Crippen MR) is 109 cm³/mol. The van der Waals surface area contributed by atoms with Gasteiger partial charge in [0, 0.05) is 6.20 Å². The van der Waals surface area contributed by atoms with E-state index in [9.17, 15) is 34.4 Å². The van der Waals surface area contributed by atoms with Crippen LogP contribution in [0.25, 0.3) is 0 Å². The summed E-state index contributed by atoms with van der Waals surface area (Å²) in [6.07, 6.45) is -4.63. The molecule has 0 saturated carbocycles. The standard InChI is InChI=1S/C18H23N4O9P/c19-13-6-7-22(18(27)20-13)16-15(24)14(23)12(31-16)9-30-32(28,29)21-11(17(25)26)8-10-4-2-1-3-5-10/h1-7,11-12,14-16,23-24H,8-9H2,(H,25,26)(H2,19,20,27)(H2,21,28,29)/t11-,12?,14?,15?,16?/m0/s1. The van der Waals surface area contributed by atoms with Crippen molar-refractivity contribution in [3.63, 3.8) is 0 Å². The molecule has 1 saturated heterocycles. The van der Waals surface area contributed by atoms with Crippen molar-refractivity contribution in [2.45, 2.75) is 37.0 Å². The van der Waals surface area contributed by atoms with Crippen LogP contribution in [0.1, 0.15) is 11.8 Å². The zero-order chi connectivity index (χ0) is 23.5. The number of hydrogen-bond donors (Lipinski definition) is 6. The minimum Gasteiger partial charge on any atom is -0.480 e. The average Bonchev–Trinajstić information content (AvgIpc) is 3.01. The Morgan fingerprint density at radius 2 is 1.97 bits per heavy atom. The number of carbonyl (C=O) groups is 1. The van der Waals surface area contributed by atoms with Gasteiger partial charge in [0.15, 0.2) is 6.23 Å². The van der Waals surface area contributed by atoms with Gasteiger partial charge in [-0.25, -0.2) is 14.4 Å². The zero-order valence-corrected chi connectivity index (χ0v) is 17.5. The first-order valence-electron chi connectivity index (χ1n) is 9.45. The van der Waals surface area contributed by atoms with Crippen LogP contribution in [0.2, 0.25) is 0 Å². The van der Waals surface area contributed by atoms with Crippen molar-refractivity contribution in [1.82, 2.24) is 14.6 Å². The number of carboxylic acid groups (broad SMARTS) is 1. The molecule has 0 radical (unpaired) electrons. The number of carboxylic acids is 1. The molecule has 14 heteroatoms. The molecule has 0 spiro atoms. The molecule has 7 N–H and O–H groups in total. The van der Waals surface area contributed by atoms with Gasteiger partial charge in [-0.15, -0.1) is 0 Å². The van der Waals surface area contributed by atoms with Gasteiger partial charge in [0.05, 0.1) is 6.61 Å². The minimum atomic E-state index is -4.65. The van der Waals surface area contributed by atoms with E-state index in [2.05, 4.69) is 10.1 Å². The maximum Gasteiger partial charge on any atom is 0.403 e. The van der Waals surface area contributed by atoms with Crippen LogP contribution >= 0.6 is 7.75 Å². The van der Waals surface area contributed by atoms with E-state index in [0.717, 1.165) is 4.57 Å². The Morgan fingerprint density at radius 3 is 2.59 bits per heavy atom. The Balaban J connectivity index is 1.63. The fourth-order valence-corrected chi connectivity index (χ4v) is 4.18. The van der Waals surface area contributed by atoms with Gasteiger partial charge < -0.3 is 30.7 Å². The van der Waals surface area contributed by atoms with E-state index in [4.69, 9.17) is 15.0 Å². The number of rotatable bonds is 9. The van der Waals surface area contributed by atoms with Gasteiger partial charge in [0.2, 0.25) is 0 Å². The van der Waals surface area contributed by atoms with Crippen LogP contribution in [-0.2, 0) is 25.0 Å². The first-order chi connectivity index (χ1) is 15.1. The second-order valence-corrected chi connectivity index (χ2v) is 8.67. The highest BCUT2D eigenvalue weighted by Gasteiger charge is 2.45. The van der Waals surface area contributed by atoms with Crippen molar-refractivity contribution in [3.05, 3.63) is 58.6 Å². The molecule has 0 bridgehead atoms. The maximum atomic E-state index is 12.4. The summed E-state index contributed by atoms with van der Waals surface area (Å²) in [4.78, 5) is 37.0. The highest BCUT2D eigenvalue weighted by molar-refractivity contribution is 7.50. The van der Waals surface area contributed by atoms with E-state index >= 15 is 0 Å². The van der Waals surface area contributed by atoms with Crippen molar-refractivity contribution < 1.29 is 38.8 Å². The molecule has 0 aliphatic carbocycles. The molecular weight excluding hydrogens is 447 g/mol. The van der Waals surface area contributed by atoms with Crippen LogP contribution in [-0.4, -0.2) is 66.7 Å². The van der Waals surface area contributed by atoms with Crippen molar-refractivity contribution in [2.24, 2.45) is 0 Å². The second-order valence-electron chi connectivity index (χ2n) is 7.11. The monoisotopic (exact) mass is 470 g/mol. The van der Waals surface area contributed by atoms with Crippen LogP contribution in [0.5, 0.6) is 0 Å². The predicted octanol–water partition coefficient (Wildman–Crippen LogP) is -1.15. The molecule has 174 valence electrons. The number of ether oxygens (including phenoxy) is 1. The molecule has 1 aromatic heterocycles. The van der Waals surface area contributed by atoms with E-state index in [1.165, 1.54) is 12.3 Å². The maximum absolute atomic E-state index is 12.4. The van der Waals surface area contributed by atoms with Gasteiger partial charge in [-0.1, -0.05) is 30.3 Å². The topological polar surface area (TPSA) is 206 Å².